The van der Waals surface area contributed by atoms with Gasteiger partial charge in [-0.25, -0.2) is 0 Å². The van der Waals surface area contributed by atoms with Crippen LogP contribution in [0.15, 0.2) is 0 Å². The molecule has 0 aromatic carbocycles. The van der Waals surface area contributed by atoms with Gasteiger partial charge in [-0.2, -0.15) is 5.10 Å². The third-order valence-corrected chi connectivity index (χ3v) is 4.32. The fourth-order valence-electron chi connectivity index (χ4n) is 2.56. The molecule has 19 heavy (non-hydrogen) atoms. The van der Waals surface area contributed by atoms with Crippen molar-refractivity contribution in [3.63, 3.8) is 0 Å². The maximum atomic E-state index is 10.4. The molecule has 0 amide bonds. The molecule has 4 heteroatoms. The molecule has 0 bridgehead atoms. The molecule has 1 aromatic heterocycles. The first-order valence-corrected chi connectivity index (χ1v) is 7.34. The second kappa shape index (κ2) is 6.53. The van der Waals surface area contributed by atoms with E-state index in [9.17, 15) is 5.11 Å². The van der Waals surface area contributed by atoms with Crippen LogP contribution in [0.25, 0.3) is 0 Å². The summed E-state index contributed by atoms with van der Waals surface area (Å²) >= 11 is 0. The molecule has 0 aliphatic carbocycles. The van der Waals surface area contributed by atoms with Crippen molar-refractivity contribution < 1.29 is 5.11 Å². The number of aryl methyl sites for hydroxylation is 2. The molecule has 0 aliphatic heterocycles. The Morgan fingerprint density at radius 2 is 1.84 bits per heavy atom. The third-order valence-electron chi connectivity index (χ3n) is 4.32. The van der Waals surface area contributed by atoms with E-state index < -0.39 is 5.60 Å². The topological polar surface area (TPSA) is 50.1 Å². The highest BCUT2D eigenvalue weighted by Gasteiger charge is 2.25. The minimum atomic E-state index is -0.600. The van der Waals surface area contributed by atoms with Crippen LogP contribution in [-0.2, 0) is 7.05 Å². The average Bonchev–Trinajstić information content (AvgIpc) is 2.65. The Morgan fingerprint density at radius 1 is 1.26 bits per heavy atom. The van der Waals surface area contributed by atoms with Gasteiger partial charge in [-0.05, 0) is 33.1 Å². The van der Waals surface area contributed by atoms with Crippen molar-refractivity contribution in [1.82, 2.24) is 15.1 Å². The second-order valence-electron chi connectivity index (χ2n) is 5.48. The van der Waals surface area contributed by atoms with Crippen LogP contribution in [-0.4, -0.2) is 27.0 Å². The van der Waals surface area contributed by atoms with Crippen LogP contribution in [0.1, 0.15) is 63.0 Å². The predicted octanol–water partition coefficient (Wildman–Crippen LogP) is 2.63. The summed E-state index contributed by atoms with van der Waals surface area (Å²) in [5, 5.41) is 18.4. The van der Waals surface area contributed by atoms with Gasteiger partial charge in [-0.15, -0.1) is 0 Å². The summed E-state index contributed by atoms with van der Waals surface area (Å²) in [4.78, 5) is 0. The van der Waals surface area contributed by atoms with Crippen LogP contribution in [0.5, 0.6) is 0 Å². The molecule has 0 saturated heterocycles. The smallest absolute Gasteiger partial charge is 0.0766 e. The molecule has 0 aliphatic rings. The lowest BCUT2D eigenvalue weighted by molar-refractivity contribution is 0.0296. The lowest BCUT2D eigenvalue weighted by Gasteiger charge is -2.28. The van der Waals surface area contributed by atoms with Crippen LogP contribution < -0.4 is 5.32 Å². The van der Waals surface area contributed by atoms with Gasteiger partial charge < -0.3 is 10.4 Å². The van der Waals surface area contributed by atoms with Gasteiger partial charge in [0.2, 0.25) is 0 Å². The Morgan fingerprint density at radius 3 is 2.21 bits per heavy atom. The Bertz CT molecular complexity index is 408. The maximum absolute atomic E-state index is 10.4. The van der Waals surface area contributed by atoms with Crippen LogP contribution >= 0.6 is 0 Å². The van der Waals surface area contributed by atoms with Crippen LogP contribution in [0.3, 0.4) is 0 Å². The third kappa shape index (κ3) is 3.57. The summed E-state index contributed by atoms with van der Waals surface area (Å²) in [7, 11) is 1.98. The minimum absolute atomic E-state index is 0.262. The first-order valence-electron chi connectivity index (χ1n) is 7.34. The molecule has 1 rings (SSSR count). The van der Waals surface area contributed by atoms with Crippen molar-refractivity contribution in [2.24, 2.45) is 7.05 Å². The van der Waals surface area contributed by atoms with Crippen molar-refractivity contribution in [1.29, 1.82) is 0 Å². The molecule has 1 aromatic rings. The lowest BCUT2D eigenvalue weighted by atomic mass is 9.95. The minimum Gasteiger partial charge on any atom is -0.389 e. The Hall–Kier alpha value is -0.870. The summed E-state index contributed by atoms with van der Waals surface area (Å²) in [6, 6.07) is 0.262. The number of hydrogen-bond donors (Lipinski definition) is 2. The number of hydrogen-bond acceptors (Lipinski definition) is 3. The fraction of sp³-hybridized carbons (Fsp3) is 0.800. The zero-order valence-corrected chi connectivity index (χ0v) is 13.2. The quantitative estimate of drug-likeness (QED) is 0.798. The van der Waals surface area contributed by atoms with Gasteiger partial charge in [0.15, 0.2) is 0 Å². The molecule has 110 valence electrons. The molecule has 0 spiro atoms. The highest BCUT2D eigenvalue weighted by molar-refractivity contribution is 5.28. The van der Waals surface area contributed by atoms with Crippen molar-refractivity contribution in [2.75, 3.05) is 6.54 Å². The standard InChI is InChI=1S/C15H29N3O/c1-7-13(16-10-15(19,8-2)9-3)14-11(4)17-18(6)12(14)5/h13,16,19H,7-10H2,1-6H3. The molecular formula is C15H29N3O. The summed E-state index contributed by atoms with van der Waals surface area (Å²) in [6.45, 7) is 11.0. The van der Waals surface area contributed by atoms with Gasteiger partial charge in [0.1, 0.15) is 0 Å². The number of nitrogens with zero attached hydrogens (tertiary/aromatic N) is 2. The van der Waals surface area contributed by atoms with E-state index in [1.165, 1.54) is 11.3 Å². The molecule has 1 heterocycles. The average molecular weight is 267 g/mol. The van der Waals surface area contributed by atoms with Crippen LogP contribution in [0.2, 0.25) is 0 Å². The van der Waals surface area contributed by atoms with Gasteiger partial charge >= 0.3 is 0 Å². The SMILES string of the molecule is CCC(NCC(O)(CC)CC)c1c(C)nn(C)c1C. The van der Waals surface area contributed by atoms with E-state index in [2.05, 4.69) is 31.2 Å². The summed E-state index contributed by atoms with van der Waals surface area (Å²) < 4.78 is 1.93. The molecule has 2 N–H and O–H groups in total. The van der Waals surface area contributed by atoms with Crippen molar-refractivity contribution in [3.8, 4) is 0 Å². The van der Waals surface area contributed by atoms with E-state index in [0.717, 1.165) is 25.0 Å². The number of aromatic nitrogens is 2. The van der Waals surface area contributed by atoms with Crippen molar-refractivity contribution in [3.05, 3.63) is 17.0 Å². The molecule has 1 unspecified atom stereocenters. The largest absolute Gasteiger partial charge is 0.389 e. The molecular weight excluding hydrogens is 238 g/mol. The van der Waals surface area contributed by atoms with E-state index in [1.54, 1.807) is 0 Å². The number of nitrogens with one attached hydrogen (secondary N) is 1. The van der Waals surface area contributed by atoms with Gasteiger partial charge in [0.25, 0.3) is 0 Å². The van der Waals surface area contributed by atoms with E-state index >= 15 is 0 Å². The van der Waals surface area contributed by atoms with Gasteiger partial charge in [0.05, 0.1) is 11.3 Å². The highest BCUT2D eigenvalue weighted by atomic mass is 16.3. The highest BCUT2D eigenvalue weighted by Crippen LogP contribution is 2.25. The normalized spacial score (nSPS) is 13.8. The zero-order chi connectivity index (χ0) is 14.6. The zero-order valence-electron chi connectivity index (χ0n) is 13.2. The Kier molecular flexibility index (Phi) is 5.56. The Labute approximate surface area is 117 Å². The van der Waals surface area contributed by atoms with E-state index in [-0.39, 0.29) is 6.04 Å². The maximum Gasteiger partial charge on any atom is 0.0766 e. The monoisotopic (exact) mass is 267 g/mol. The number of rotatable bonds is 7. The van der Waals surface area contributed by atoms with Crippen molar-refractivity contribution in [2.45, 2.75) is 65.5 Å². The molecule has 4 nitrogen and oxygen atoms in total. The lowest BCUT2D eigenvalue weighted by Crippen LogP contribution is -2.41. The summed E-state index contributed by atoms with van der Waals surface area (Å²) in [5.74, 6) is 0. The number of aliphatic hydroxyl groups is 1. The molecule has 0 saturated carbocycles. The second-order valence-corrected chi connectivity index (χ2v) is 5.48. The molecule has 1 atom stereocenters. The fourth-order valence-corrected chi connectivity index (χ4v) is 2.56. The first kappa shape index (κ1) is 16.2. The van der Waals surface area contributed by atoms with Gasteiger partial charge in [-0.3, -0.25) is 4.68 Å². The molecule has 0 fully saturated rings. The van der Waals surface area contributed by atoms with E-state index in [1.807, 2.05) is 25.6 Å². The van der Waals surface area contributed by atoms with Crippen LogP contribution in [0.4, 0.5) is 0 Å². The molecule has 0 radical (unpaired) electrons. The summed E-state index contributed by atoms with van der Waals surface area (Å²) in [6.07, 6.45) is 2.55. The first-order chi connectivity index (χ1) is 8.88. The van der Waals surface area contributed by atoms with Gasteiger partial charge in [-0.1, -0.05) is 20.8 Å². The van der Waals surface area contributed by atoms with E-state index in [4.69, 9.17) is 0 Å². The van der Waals surface area contributed by atoms with Crippen LogP contribution in [0, 0.1) is 13.8 Å². The van der Waals surface area contributed by atoms with Crippen molar-refractivity contribution >= 4 is 0 Å². The predicted molar refractivity (Wildman–Crippen MR) is 79.2 cm³/mol. The summed E-state index contributed by atoms with van der Waals surface area (Å²) in [5.41, 5.74) is 2.96. The van der Waals surface area contributed by atoms with E-state index in [0.29, 0.717) is 6.54 Å². The van der Waals surface area contributed by atoms with Gasteiger partial charge in [0, 0.05) is 30.9 Å². The Balaban J connectivity index is 2.84.